The Morgan fingerprint density at radius 1 is 0.571 bits per heavy atom. The summed E-state index contributed by atoms with van der Waals surface area (Å²) >= 11 is 0. The second-order valence-electron chi connectivity index (χ2n) is 12.3. The quantitative estimate of drug-likeness (QED) is 0.0667. The van der Waals surface area contributed by atoms with Crippen LogP contribution < -0.4 is 4.74 Å². The smallest absolute Gasteiger partial charge is 0.343 e. The molecule has 0 saturated heterocycles. The molecule has 42 heavy (non-hydrogen) atoms. The predicted octanol–water partition coefficient (Wildman–Crippen LogP) is 12.5. The van der Waals surface area contributed by atoms with E-state index in [1.54, 1.807) is 0 Å². The van der Waals surface area contributed by atoms with Gasteiger partial charge in [0.25, 0.3) is 0 Å². The highest BCUT2D eigenvalue weighted by Gasteiger charge is 2.13. The maximum absolute atomic E-state index is 12.7. The van der Waals surface area contributed by atoms with E-state index in [2.05, 4.69) is 39.8 Å². The van der Waals surface area contributed by atoms with E-state index in [0.717, 1.165) is 18.6 Å². The molecule has 0 fully saturated rings. The van der Waals surface area contributed by atoms with Gasteiger partial charge in [0.1, 0.15) is 5.75 Å². The van der Waals surface area contributed by atoms with Crippen LogP contribution in [0, 0.1) is 0 Å². The maximum Gasteiger partial charge on any atom is 0.343 e. The highest BCUT2D eigenvalue weighted by atomic mass is 16.5. The first-order chi connectivity index (χ1) is 20.6. The molecule has 0 radical (unpaired) electrons. The summed E-state index contributed by atoms with van der Waals surface area (Å²) in [5.74, 6) is 0.871. The van der Waals surface area contributed by atoms with Crippen LogP contribution in [0.3, 0.4) is 0 Å². The fraction of sp³-hybridized carbons (Fsp3) is 0.667. The summed E-state index contributed by atoms with van der Waals surface area (Å²) < 4.78 is 11.8. The minimum Gasteiger partial charge on any atom is -0.423 e. The van der Waals surface area contributed by atoms with Crippen molar-refractivity contribution in [1.29, 1.82) is 0 Å². The topological polar surface area (TPSA) is 35.5 Å². The third kappa shape index (κ3) is 15.4. The summed E-state index contributed by atoms with van der Waals surface area (Å²) in [7, 11) is 0. The number of ether oxygens (including phenoxy) is 2. The number of hydrogen-bond acceptors (Lipinski definition) is 3. The highest BCUT2D eigenvalue weighted by molar-refractivity contribution is 5.91. The molecule has 0 aliphatic rings. The Labute approximate surface area is 259 Å². The van der Waals surface area contributed by atoms with E-state index in [1.165, 1.54) is 121 Å². The predicted molar refractivity (Wildman–Crippen MR) is 180 cm³/mol. The fourth-order valence-electron chi connectivity index (χ4n) is 5.79. The Balaban J connectivity index is 1.59. The largest absolute Gasteiger partial charge is 0.423 e. The van der Waals surface area contributed by atoms with Gasteiger partial charge in [0.2, 0.25) is 0 Å². The van der Waals surface area contributed by atoms with Crippen molar-refractivity contribution in [3.8, 4) is 5.75 Å². The van der Waals surface area contributed by atoms with Crippen LogP contribution in [0.15, 0.2) is 48.5 Å². The molecular weight excluding hydrogens is 516 g/mol. The van der Waals surface area contributed by atoms with E-state index < -0.39 is 0 Å². The van der Waals surface area contributed by atoms with Gasteiger partial charge in [0.15, 0.2) is 0 Å². The van der Waals surface area contributed by atoms with E-state index in [4.69, 9.17) is 9.47 Å². The van der Waals surface area contributed by atoms with Crippen LogP contribution in [0.25, 0.3) is 0 Å². The van der Waals surface area contributed by atoms with Crippen molar-refractivity contribution in [1.82, 2.24) is 0 Å². The van der Waals surface area contributed by atoms with Crippen LogP contribution in [-0.4, -0.2) is 12.6 Å². The third-order valence-electron chi connectivity index (χ3n) is 8.59. The van der Waals surface area contributed by atoms with Crippen LogP contribution in [0.4, 0.5) is 0 Å². The van der Waals surface area contributed by atoms with Gasteiger partial charge in [-0.2, -0.15) is 0 Å². The van der Waals surface area contributed by atoms with E-state index in [9.17, 15) is 4.79 Å². The Kier molecular flexibility index (Phi) is 20.0. The summed E-state index contributed by atoms with van der Waals surface area (Å²) in [4.78, 5) is 12.7. The molecule has 2 aromatic carbocycles. The van der Waals surface area contributed by atoms with Crippen LogP contribution >= 0.6 is 0 Å². The molecule has 2 atom stereocenters. The summed E-state index contributed by atoms with van der Waals surface area (Å²) in [6.45, 7) is 9.65. The molecule has 236 valence electrons. The van der Waals surface area contributed by atoms with Crippen molar-refractivity contribution in [3.63, 3.8) is 0 Å². The van der Waals surface area contributed by atoms with Crippen molar-refractivity contribution in [2.75, 3.05) is 6.61 Å². The van der Waals surface area contributed by atoms with Gasteiger partial charge in [-0.05, 0) is 67.5 Å². The number of benzene rings is 2. The fourth-order valence-corrected chi connectivity index (χ4v) is 5.79. The second-order valence-corrected chi connectivity index (χ2v) is 12.3. The number of hydrogen-bond donors (Lipinski definition) is 0. The SMILES string of the molecule is CCCCCCCCCCCCCCCCOC(C)c1ccc(C(=O)Oc2ccc(C(CCC)CCCC)cc2)cc1. The van der Waals surface area contributed by atoms with Gasteiger partial charge in [-0.3, -0.25) is 0 Å². The molecule has 2 rings (SSSR count). The lowest BCUT2D eigenvalue weighted by molar-refractivity contribution is 0.0626. The number of carbonyl (C=O) groups is 1. The zero-order chi connectivity index (χ0) is 30.3. The maximum atomic E-state index is 12.7. The number of carbonyl (C=O) groups excluding carboxylic acids is 1. The minimum absolute atomic E-state index is 0.0216. The summed E-state index contributed by atoms with van der Waals surface area (Å²) in [5.41, 5.74) is 3.00. The lowest BCUT2D eigenvalue weighted by atomic mass is 9.90. The number of rotatable bonds is 25. The summed E-state index contributed by atoms with van der Waals surface area (Å²) in [6.07, 6.45) is 25.2. The second kappa shape index (κ2) is 23.3. The van der Waals surface area contributed by atoms with Gasteiger partial charge in [-0.15, -0.1) is 0 Å². The van der Waals surface area contributed by atoms with E-state index in [0.29, 0.717) is 17.2 Å². The van der Waals surface area contributed by atoms with Gasteiger partial charge in [0, 0.05) is 6.61 Å². The molecule has 0 bridgehead atoms. The van der Waals surface area contributed by atoms with Crippen molar-refractivity contribution >= 4 is 5.97 Å². The Bertz CT molecular complexity index is 918. The summed E-state index contributed by atoms with van der Waals surface area (Å²) in [5, 5.41) is 0. The molecule has 0 amide bonds. The molecule has 2 unspecified atom stereocenters. The molecule has 0 aliphatic heterocycles. The average molecular weight is 579 g/mol. The zero-order valence-corrected chi connectivity index (χ0v) is 27.6. The number of esters is 1. The molecule has 3 nitrogen and oxygen atoms in total. The monoisotopic (exact) mass is 578 g/mol. The average Bonchev–Trinajstić information content (AvgIpc) is 3.01. The standard InChI is InChI=1S/C39H62O3/c1-5-8-10-11-12-13-14-15-16-17-18-19-20-21-32-41-33(4)34-24-26-37(27-25-34)39(40)42-38-30-28-36(29-31-38)35(22-7-3)23-9-6-2/h24-31,33,35H,5-23,32H2,1-4H3. The molecular formula is C39H62O3. The first-order valence-corrected chi connectivity index (χ1v) is 17.6. The Hall–Kier alpha value is -2.13. The molecule has 2 aromatic rings. The van der Waals surface area contributed by atoms with Crippen LogP contribution in [0.5, 0.6) is 5.75 Å². The Morgan fingerprint density at radius 3 is 1.60 bits per heavy atom. The van der Waals surface area contributed by atoms with Crippen molar-refractivity contribution in [3.05, 3.63) is 65.2 Å². The van der Waals surface area contributed by atoms with E-state index in [1.807, 2.05) is 36.4 Å². The van der Waals surface area contributed by atoms with Crippen molar-refractivity contribution < 1.29 is 14.3 Å². The zero-order valence-electron chi connectivity index (χ0n) is 27.6. The normalized spacial score (nSPS) is 12.8. The van der Waals surface area contributed by atoms with Gasteiger partial charge < -0.3 is 9.47 Å². The van der Waals surface area contributed by atoms with E-state index in [-0.39, 0.29) is 12.1 Å². The van der Waals surface area contributed by atoms with Crippen molar-refractivity contribution in [2.45, 2.75) is 162 Å². The van der Waals surface area contributed by atoms with Crippen LogP contribution in [0.2, 0.25) is 0 Å². The van der Waals surface area contributed by atoms with Crippen molar-refractivity contribution in [2.24, 2.45) is 0 Å². The van der Waals surface area contributed by atoms with E-state index >= 15 is 0 Å². The lowest BCUT2D eigenvalue weighted by Crippen LogP contribution is -2.09. The molecule has 0 aliphatic carbocycles. The minimum atomic E-state index is -0.318. The Morgan fingerprint density at radius 2 is 1.07 bits per heavy atom. The van der Waals surface area contributed by atoms with Crippen LogP contribution in [-0.2, 0) is 4.74 Å². The molecule has 0 N–H and O–H groups in total. The molecule has 0 spiro atoms. The van der Waals surface area contributed by atoms with Gasteiger partial charge in [-0.1, -0.05) is 148 Å². The third-order valence-corrected chi connectivity index (χ3v) is 8.59. The molecule has 0 heterocycles. The van der Waals surface area contributed by atoms with Gasteiger partial charge >= 0.3 is 5.97 Å². The molecule has 0 aromatic heterocycles. The first kappa shape index (κ1) is 36.1. The van der Waals surface area contributed by atoms with Crippen LogP contribution in [0.1, 0.15) is 183 Å². The van der Waals surface area contributed by atoms with Gasteiger partial charge in [0.05, 0.1) is 11.7 Å². The molecule has 3 heteroatoms. The number of unbranched alkanes of at least 4 members (excludes halogenated alkanes) is 14. The first-order valence-electron chi connectivity index (χ1n) is 17.6. The molecule has 0 saturated carbocycles. The lowest BCUT2D eigenvalue weighted by Gasteiger charge is -2.17. The van der Waals surface area contributed by atoms with Gasteiger partial charge in [-0.25, -0.2) is 4.79 Å². The highest BCUT2D eigenvalue weighted by Crippen LogP contribution is 2.29. The summed E-state index contributed by atoms with van der Waals surface area (Å²) in [6, 6.07) is 15.8.